The number of amides is 1. The summed E-state index contributed by atoms with van der Waals surface area (Å²) in [6.45, 7) is 1.41. The number of rotatable bonds is 4. The van der Waals surface area contributed by atoms with E-state index in [1.165, 1.54) is 0 Å². The van der Waals surface area contributed by atoms with E-state index in [-0.39, 0.29) is 18.2 Å². The molecule has 1 amide bonds. The number of aliphatic carboxylic acids is 1. The minimum Gasteiger partial charge on any atom is -0.481 e. The van der Waals surface area contributed by atoms with Crippen LogP contribution in [0.2, 0.25) is 0 Å². The lowest BCUT2D eigenvalue weighted by Gasteiger charge is -2.32. The Hall–Kier alpha value is -2.30. The van der Waals surface area contributed by atoms with Gasteiger partial charge in [0.25, 0.3) is 5.91 Å². The molecule has 1 aliphatic heterocycles. The Bertz CT molecular complexity index is 692. The zero-order valence-corrected chi connectivity index (χ0v) is 12.4. The lowest BCUT2D eigenvalue weighted by Crippen LogP contribution is -2.40. The summed E-state index contributed by atoms with van der Waals surface area (Å²) in [5.74, 6) is -0.440. The fraction of sp³-hybridized carbons (Fsp3) is 0.412. The first kappa shape index (κ1) is 14.6. The molecule has 0 aliphatic carbocycles. The first-order valence-electron chi connectivity index (χ1n) is 7.72. The van der Waals surface area contributed by atoms with Crippen LogP contribution in [0, 0.1) is 5.92 Å². The number of carbonyl (C=O) groups excluding carboxylic acids is 1. The molecule has 1 saturated heterocycles. The number of para-hydroxylation sites is 1. The second-order valence-corrected chi connectivity index (χ2v) is 5.94. The molecule has 0 bridgehead atoms. The Kier molecular flexibility index (Phi) is 4.13. The standard InChI is InChI=1S/C17H20N2O3/c20-15(21)7-6-12-3-2-10-19(11-12)17(22)14-5-1-4-13-8-9-18-16(13)14/h1,4-5,8-9,12,18H,2-3,6-7,10-11H2,(H,20,21). The van der Waals surface area contributed by atoms with Gasteiger partial charge in [-0.05, 0) is 37.3 Å². The molecule has 3 rings (SSSR count). The second kappa shape index (κ2) is 6.22. The van der Waals surface area contributed by atoms with Crippen molar-refractivity contribution in [2.45, 2.75) is 25.7 Å². The van der Waals surface area contributed by atoms with Crippen LogP contribution in [0.3, 0.4) is 0 Å². The third kappa shape index (κ3) is 2.98. The van der Waals surface area contributed by atoms with Gasteiger partial charge in [0.05, 0.1) is 11.1 Å². The molecule has 0 radical (unpaired) electrons. The number of aromatic nitrogens is 1. The van der Waals surface area contributed by atoms with Gasteiger partial charge in [-0.1, -0.05) is 12.1 Å². The largest absolute Gasteiger partial charge is 0.481 e. The van der Waals surface area contributed by atoms with E-state index in [2.05, 4.69) is 4.98 Å². The highest BCUT2D eigenvalue weighted by Crippen LogP contribution is 2.24. The summed E-state index contributed by atoms with van der Waals surface area (Å²) in [6.07, 6.45) is 4.61. The summed E-state index contributed by atoms with van der Waals surface area (Å²) in [7, 11) is 0. The highest BCUT2D eigenvalue weighted by molar-refractivity contribution is 6.05. The monoisotopic (exact) mass is 300 g/mol. The van der Waals surface area contributed by atoms with Crippen molar-refractivity contribution in [3.05, 3.63) is 36.0 Å². The predicted molar refractivity (Wildman–Crippen MR) is 83.8 cm³/mol. The van der Waals surface area contributed by atoms with Crippen molar-refractivity contribution >= 4 is 22.8 Å². The van der Waals surface area contributed by atoms with Crippen LogP contribution in [-0.4, -0.2) is 40.0 Å². The van der Waals surface area contributed by atoms with Gasteiger partial charge in [-0.15, -0.1) is 0 Å². The number of aromatic amines is 1. The van der Waals surface area contributed by atoms with Crippen molar-refractivity contribution in [1.82, 2.24) is 9.88 Å². The number of hydrogen-bond acceptors (Lipinski definition) is 2. The molecule has 2 aromatic rings. The molecule has 1 aliphatic rings. The molecule has 22 heavy (non-hydrogen) atoms. The number of carbonyl (C=O) groups is 2. The molecule has 0 saturated carbocycles. The normalized spacial score (nSPS) is 18.5. The summed E-state index contributed by atoms with van der Waals surface area (Å²) < 4.78 is 0. The van der Waals surface area contributed by atoms with Crippen LogP contribution in [0.1, 0.15) is 36.0 Å². The molecule has 1 aromatic carbocycles. The average molecular weight is 300 g/mol. The van der Waals surface area contributed by atoms with Gasteiger partial charge in [0.1, 0.15) is 0 Å². The number of nitrogens with zero attached hydrogens (tertiary/aromatic N) is 1. The topological polar surface area (TPSA) is 73.4 Å². The van der Waals surface area contributed by atoms with Crippen LogP contribution in [0.4, 0.5) is 0 Å². The van der Waals surface area contributed by atoms with Crippen LogP contribution in [-0.2, 0) is 4.79 Å². The molecule has 1 fully saturated rings. The van der Waals surface area contributed by atoms with Crippen LogP contribution in [0.25, 0.3) is 10.9 Å². The van der Waals surface area contributed by atoms with E-state index < -0.39 is 5.97 Å². The first-order valence-corrected chi connectivity index (χ1v) is 7.72. The SMILES string of the molecule is O=C(O)CCC1CCCN(C(=O)c2cccc3cc[nH]c23)C1. The Morgan fingerprint density at radius 1 is 1.32 bits per heavy atom. The molecule has 1 atom stereocenters. The molecule has 5 heteroatoms. The predicted octanol–water partition coefficient (Wildman–Crippen LogP) is 2.88. The molecule has 116 valence electrons. The Balaban J connectivity index is 1.74. The molecule has 1 aromatic heterocycles. The number of benzene rings is 1. The van der Waals surface area contributed by atoms with Gasteiger partial charge in [0, 0.05) is 31.1 Å². The number of carboxylic acid groups (broad SMARTS) is 1. The average Bonchev–Trinajstić information content (AvgIpc) is 3.01. The number of fused-ring (bicyclic) bond motifs is 1. The van der Waals surface area contributed by atoms with E-state index >= 15 is 0 Å². The summed E-state index contributed by atoms with van der Waals surface area (Å²) in [4.78, 5) is 28.5. The lowest BCUT2D eigenvalue weighted by molar-refractivity contribution is -0.137. The number of carboxylic acids is 1. The maximum Gasteiger partial charge on any atom is 0.303 e. The summed E-state index contributed by atoms with van der Waals surface area (Å²) in [6, 6.07) is 7.68. The van der Waals surface area contributed by atoms with Crippen molar-refractivity contribution in [2.75, 3.05) is 13.1 Å². The van der Waals surface area contributed by atoms with Crippen molar-refractivity contribution in [2.24, 2.45) is 5.92 Å². The third-order valence-corrected chi connectivity index (χ3v) is 4.39. The summed E-state index contributed by atoms with van der Waals surface area (Å²) in [5.41, 5.74) is 1.57. The maximum atomic E-state index is 12.8. The maximum absolute atomic E-state index is 12.8. The van der Waals surface area contributed by atoms with Crippen molar-refractivity contribution in [3.63, 3.8) is 0 Å². The van der Waals surface area contributed by atoms with Crippen LogP contribution in [0.15, 0.2) is 30.5 Å². The Morgan fingerprint density at radius 2 is 2.18 bits per heavy atom. The first-order chi connectivity index (χ1) is 10.6. The van der Waals surface area contributed by atoms with Gasteiger partial charge in [0.2, 0.25) is 0 Å². The highest BCUT2D eigenvalue weighted by atomic mass is 16.4. The number of likely N-dealkylation sites (tertiary alicyclic amines) is 1. The van der Waals surface area contributed by atoms with Gasteiger partial charge < -0.3 is 15.0 Å². The highest BCUT2D eigenvalue weighted by Gasteiger charge is 2.25. The Morgan fingerprint density at radius 3 is 3.00 bits per heavy atom. The number of piperidine rings is 1. The van der Waals surface area contributed by atoms with Crippen LogP contribution >= 0.6 is 0 Å². The zero-order chi connectivity index (χ0) is 15.5. The zero-order valence-electron chi connectivity index (χ0n) is 12.4. The van der Waals surface area contributed by atoms with Gasteiger partial charge in [-0.25, -0.2) is 0 Å². The quantitative estimate of drug-likeness (QED) is 0.912. The summed E-state index contributed by atoms with van der Waals surface area (Å²) in [5, 5.41) is 9.84. The number of nitrogens with one attached hydrogen (secondary N) is 1. The van der Waals surface area contributed by atoms with Gasteiger partial charge in [-0.2, -0.15) is 0 Å². The van der Waals surface area contributed by atoms with Crippen molar-refractivity contribution in [1.29, 1.82) is 0 Å². The molecule has 2 N–H and O–H groups in total. The van der Waals surface area contributed by atoms with E-state index in [1.54, 1.807) is 0 Å². The fourth-order valence-electron chi connectivity index (χ4n) is 3.25. The van der Waals surface area contributed by atoms with E-state index in [9.17, 15) is 9.59 Å². The van der Waals surface area contributed by atoms with E-state index in [0.717, 1.165) is 30.3 Å². The lowest BCUT2D eigenvalue weighted by atomic mass is 9.93. The number of hydrogen-bond donors (Lipinski definition) is 2. The summed E-state index contributed by atoms with van der Waals surface area (Å²) >= 11 is 0. The van der Waals surface area contributed by atoms with Gasteiger partial charge >= 0.3 is 5.97 Å². The Labute approximate surface area is 128 Å². The third-order valence-electron chi connectivity index (χ3n) is 4.39. The second-order valence-electron chi connectivity index (χ2n) is 5.94. The molecule has 2 heterocycles. The smallest absolute Gasteiger partial charge is 0.303 e. The fourth-order valence-corrected chi connectivity index (χ4v) is 3.25. The molecule has 1 unspecified atom stereocenters. The minimum atomic E-state index is -0.764. The molecule has 0 spiro atoms. The minimum absolute atomic E-state index is 0.0353. The van der Waals surface area contributed by atoms with E-state index in [1.807, 2.05) is 35.4 Å². The molecular weight excluding hydrogens is 280 g/mol. The molecular formula is C17H20N2O3. The van der Waals surface area contributed by atoms with Crippen LogP contribution < -0.4 is 0 Å². The van der Waals surface area contributed by atoms with E-state index in [0.29, 0.717) is 18.5 Å². The van der Waals surface area contributed by atoms with E-state index in [4.69, 9.17) is 5.11 Å². The van der Waals surface area contributed by atoms with Crippen molar-refractivity contribution < 1.29 is 14.7 Å². The molecule has 5 nitrogen and oxygen atoms in total. The number of H-pyrrole nitrogens is 1. The van der Waals surface area contributed by atoms with Crippen LogP contribution in [0.5, 0.6) is 0 Å². The van der Waals surface area contributed by atoms with Gasteiger partial charge in [-0.3, -0.25) is 9.59 Å². The van der Waals surface area contributed by atoms with Gasteiger partial charge in [0.15, 0.2) is 0 Å². The van der Waals surface area contributed by atoms with Crippen molar-refractivity contribution in [3.8, 4) is 0 Å².